The number of hydrogen-bond acceptors (Lipinski definition) is 7. The van der Waals surface area contributed by atoms with Gasteiger partial charge in [-0.1, -0.05) is 0 Å². The largest absolute Gasteiger partial charge is 0.460 e. The molecular weight excluding hydrogens is 361 g/mol. The van der Waals surface area contributed by atoms with Crippen molar-refractivity contribution in [1.82, 2.24) is 5.32 Å². The minimum absolute atomic E-state index is 0.767. The molecule has 26 heavy (non-hydrogen) atoms. The molecule has 8 nitrogen and oxygen atoms in total. The minimum atomic E-state index is -5.00. The molecule has 0 bridgehead atoms. The number of nitrogens with one attached hydrogen (secondary N) is 1. The predicted molar refractivity (Wildman–Crippen MR) is 84.9 cm³/mol. The molecule has 11 heteroatoms. The van der Waals surface area contributed by atoms with Gasteiger partial charge in [-0.05, 0) is 41.5 Å². The quantitative estimate of drug-likeness (QED) is 0.406. The summed E-state index contributed by atoms with van der Waals surface area (Å²) in [6, 6.07) is -4.38. The summed E-state index contributed by atoms with van der Waals surface area (Å²) in [4.78, 5) is 33.4. The summed E-state index contributed by atoms with van der Waals surface area (Å²) in [5, 5.41) is 12.3. The van der Waals surface area contributed by atoms with E-state index in [9.17, 15) is 32.9 Å². The second-order valence-electron chi connectivity index (χ2n) is 7.65. The van der Waals surface area contributed by atoms with Crippen molar-refractivity contribution in [3.8, 4) is 0 Å². The third-order valence-corrected chi connectivity index (χ3v) is 2.61. The van der Waals surface area contributed by atoms with Crippen molar-refractivity contribution in [3.63, 3.8) is 0 Å². The fraction of sp³-hybridized carbons (Fsp3) is 0.867. The minimum Gasteiger partial charge on any atom is -0.460 e. The van der Waals surface area contributed by atoms with Crippen molar-refractivity contribution in [3.05, 3.63) is 10.1 Å². The summed E-state index contributed by atoms with van der Waals surface area (Å²) in [6.45, 7) is 7.62. The van der Waals surface area contributed by atoms with E-state index in [0.717, 1.165) is 0 Å². The highest BCUT2D eigenvalue weighted by Gasteiger charge is 2.46. The molecule has 2 atom stereocenters. The number of halogens is 3. The van der Waals surface area contributed by atoms with Crippen LogP contribution in [-0.2, 0) is 19.1 Å². The monoisotopic (exact) mass is 386 g/mol. The number of esters is 2. The summed E-state index contributed by atoms with van der Waals surface area (Å²) in [5.41, 5.74) is -1.94. The highest BCUT2D eigenvalue weighted by molar-refractivity contribution is 5.83. The van der Waals surface area contributed by atoms with E-state index in [-0.39, 0.29) is 0 Å². The topological polar surface area (TPSA) is 108 Å². The van der Waals surface area contributed by atoms with E-state index in [0.29, 0.717) is 0 Å². The number of hydrogen-bond donors (Lipinski definition) is 1. The first-order valence-electron chi connectivity index (χ1n) is 7.80. The molecule has 0 aliphatic rings. The van der Waals surface area contributed by atoms with Crippen LogP contribution >= 0.6 is 0 Å². The third kappa shape index (κ3) is 10.9. The Labute approximate surface area is 149 Å². The van der Waals surface area contributed by atoms with Crippen molar-refractivity contribution in [2.24, 2.45) is 0 Å². The van der Waals surface area contributed by atoms with E-state index in [4.69, 9.17) is 9.47 Å². The van der Waals surface area contributed by atoms with Gasteiger partial charge in [0.25, 0.3) is 0 Å². The summed E-state index contributed by atoms with van der Waals surface area (Å²) in [6.07, 6.45) is -5.77. The second kappa shape index (κ2) is 8.65. The molecule has 0 rings (SSSR count). The average molecular weight is 386 g/mol. The van der Waals surface area contributed by atoms with E-state index >= 15 is 0 Å². The average Bonchev–Trinajstić information content (AvgIpc) is 2.30. The highest BCUT2D eigenvalue weighted by atomic mass is 19.4. The lowest BCUT2D eigenvalue weighted by molar-refractivity contribution is -0.491. The van der Waals surface area contributed by atoms with E-state index < -0.39 is 59.3 Å². The van der Waals surface area contributed by atoms with Crippen LogP contribution in [0.25, 0.3) is 0 Å². The van der Waals surface area contributed by atoms with Gasteiger partial charge >= 0.3 is 18.1 Å². The van der Waals surface area contributed by atoms with Crippen LogP contribution in [0, 0.1) is 10.1 Å². The zero-order valence-electron chi connectivity index (χ0n) is 15.6. The van der Waals surface area contributed by atoms with Crippen LogP contribution in [0.15, 0.2) is 0 Å². The summed E-state index contributed by atoms with van der Waals surface area (Å²) in [7, 11) is 0. The molecule has 0 unspecified atom stereocenters. The lowest BCUT2D eigenvalue weighted by Crippen LogP contribution is -2.55. The highest BCUT2D eigenvalue weighted by Crippen LogP contribution is 2.22. The van der Waals surface area contributed by atoms with Gasteiger partial charge in [0.15, 0.2) is 6.04 Å². The van der Waals surface area contributed by atoms with Crippen LogP contribution in [0.1, 0.15) is 48.0 Å². The van der Waals surface area contributed by atoms with E-state index in [1.54, 1.807) is 20.8 Å². The lowest BCUT2D eigenvalue weighted by atomic mass is 10.1. The van der Waals surface area contributed by atoms with Crippen LogP contribution < -0.4 is 5.32 Å². The van der Waals surface area contributed by atoms with Gasteiger partial charge in [0.1, 0.15) is 17.2 Å². The zero-order valence-corrected chi connectivity index (χ0v) is 15.6. The number of nitrogens with zero attached hydrogens (tertiary/aromatic N) is 1. The van der Waals surface area contributed by atoms with Crippen molar-refractivity contribution < 1.29 is 37.2 Å². The van der Waals surface area contributed by atoms with Crippen LogP contribution in [0.3, 0.4) is 0 Å². The standard InChI is InChI=1S/C15H25F3N2O6/c1-13(2,3)25-11(21)7-9(12(22)26-14(4,5)6)19-10(8-20(23)24)15(16,17)18/h9-10,19H,7-8H2,1-6H3/t9-,10-/m0/s1. The Morgan fingerprint density at radius 1 is 1.04 bits per heavy atom. The Bertz CT molecular complexity index is 523. The first-order valence-corrected chi connectivity index (χ1v) is 7.80. The smallest absolute Gasteiger partial charge is 0.410 e. The van der Waals surface area contributed by atoms with Crippen molar-refractivity contribution in [2.45, 2.75) is 77.4 Å². The molecule has 0 aromatic carbocycles. The first kappa shape index (κ1) is 24.1. The van der Waals surface area contributed by atoms with Gasteiger partial charge in [-0.2, -0.15) is 13.2 Å². The molecule has 0 aromatic heterocycles. The maximum atomic E-state index is 13.0. The Kier molecular flexibility index (Phi) is 8.02. The normalized spacial score (nSPS) is 15.1. The fourth-order valence-electron chi connectivity index (χ4n) is 1.78. The van der Waals surface area contributed by atoms with Crippen LogP contribution in [0.4, 0.5) is 13.2 Å². The molecule has 0 aliphatic heterocycles. The summed E-state index contributed by atoms with van der Waals surface area (Å²) in [5.74, 6) is -2.08. The predicted octanol–water partition coefficient (Wildman–Crippen LogP) is 2.23. The molecule has 0 amide bonds. The van der Waals surface area contributed by atoms with E-state index in [2.05, 4.69) is 0 Å². The molecule has 0 spiro atoms. The number of nitro groups is 1. The van der Waals surface area contributed by atoms with Gasteiger partial charge in [-0.3, -0.25) is 25.0 Å². The Hall–Kier alpha value is -1.91. The number of alkyl halides is 3. The molecular formula is C15H25F3N2O6. The van der Waals surface area contributed by atoms with Gasteiger partial charge in [-0.15, -0.1) is 0 Å². The summed E-state index contributed by atoms with van der Waals surface area (Å²) < 4.78 is 49.0. The molecule has 0 aromatic rings. The lowest BCUT2D eigenvalue weighted by Gasteiger charge is -2.28. The van der Waals surface area contributed by atoms with Crippen molar-refractivity contribution in [2.75, 3.05) is 6.54 Å². The zero-order chi connectivity index (χ0) is 20.9. The van der Waals surface area contributed by atoms with Gasteiger partial charge in [0, 0.05) is 4.92 Å². The van der Waals surface area contributed by atoms with Crippen molar-refractivity contribution >= 4 is 11.9 Å². The van der Waals surface area contributed by atoms with Crippen LogP contribution in [0.2, 0.25) is 0 Å². The molecule has 152 valence electrons. The molecule has 0 saturated heterocycles. The number of carbonyl (C=O) groups is 2. The molecule has 0 heterocycles. The second-order valence-corrected chi connectivity index (χ2v) is 7.65. The Balaban J connectivity index is 5.44. The number of ether oxygens (including phenoxy) is 2. The Morgan fingerprint density at radius 3 is 1.85 bits per heavy atom. The first-order chi connectivity index (χ1) is 11.4. The molecule has 0 saturated carbocycles. The molecule has 1 N–H and O–H groups in total. The molecule has 0 aliphatic carbocycles. The number of rotatable bonds is 7. The maximum absolute atomic E-state index is 13.0. The SMILES string of the molecule is CC(C)(C)OC(=O)C[C@H](N[C@@H](C[N+](=O)[O-])C(F)(F)F)C(=O)OC(C)(C)C. The van der Waals surface area contributed by atoms with Gasteiger partial charge < -0.3 is 9.47 Å². The van der Waals surface area contributed by atoms with Gasteiger partial charge in [-0.25, -0.2) is 0 Å². The summed E-state index contributed by atoms with van der Waals surface area (Å²) >= 11 is 0. The van der Waals surface area contributed by atoms with Crippen LogP contribution in [-0.4, -0.2) is 52.9 Å². The fourth-order valence-corrected chi connectivity index (χ4v) is 1.78. The maximum Gasteiger partial charge on any atom is 0.410 e. The van der Waals surface area contributed by atoms with Crippen molar-refractivity contribution in [1.29, 1.82) is 0 Å². The Morgan fingerprint density at radius 2 is 1.50 bits per heavy atom. The third-order valence-electron chi connectivity index (χ3n) is 2.61. The van der Waals surface area contributed by atoms with Gasteiger partial charge in [0.05, 0.1) is 6.42 Å². The molecule has 0 fully saturated rings. The molecule has 0 radical (unpaired) electrons. The van der Waals surface area contributed by atoms with E-state index in [1.807, 2.05) is 5.32 Å². The van der Waals surface area contributed by atoms with E-state index in [1.165, 1.54) is 20.8 Å². The van der Waals surface area contributed by atoms with Gasteiger partial charge in [0.2, 0.25) is 6.54 Å². The number of carbonyl (C=O) groups excluding carboxylic acids is 2. The van der Waals surface area contributed by atoms with Crippen LogP contribution in [0.5, 0.6) is 0 Å².